The normalized spacial score (nSPS) is 13.7. The van der Waals surface area contributed by atoms with Crippen LogP contribution in [0.25, 0.3) is 0 Å². The van der Waals surface area contributed by atoms with Crippen molar-refractivity contribution in [2.24, 2.45) is 10.7 Å². The van der Waals surface area contributed by atoms with E-state index in [1.807, 2.05) is 36.4 Å². The number of aromatic nitrogens is 1. The lowest BCUT2D eigenvalue weighted by molar-refractivity contribution is 0.297. The minimum atomic E-state index is 0. The monoisotopic (exact) mass is 426 g/mol. The molecule has 1 aliphatic rings. The molecule has 0 unspecified atom stereocenters. The first-order valence-corrected chi connectivity index (χ1v) is 7.18. The van der Waals surface area contributed by atoms with Crippen molar-refractivity contribution < 1.29 is 9.47 Å². The van der Waals surface area contributed by atoms with Gasteiger partial charge in [-0.2, -0.15) is 0 Å². The predicted molar refractivity (Wildman–Crippen MR) is 101 cm³/mol. The highest BCUT2D eigenvalue weighted by Crippen LogP contribution is 2.30. The second kappa shape index (κ2) is 8.56. The molecule has 122 valence electrons. The van der Waals surface area contributed by atoms with Gasteiger partial charge in [-0.15, -0.1) is 24.0 Å². The number of nitrogens with two attached hydrogens (primary N) is 1. The summed E-state index contributed by atoms with van der Waals surface area (Å²) in [4.78, 5) is 8.44. The van der Waals surface area contributed by atoms with Gasteiger partial charge in [-0.3, -0.25) is 0 Å². The highest BCUT2D eigenvalue weighted by molar-refractivity contribution is 14.0. The van der Waals surface area contributed by atoms with Crippen molar-refractivity contribution in [3.8, 4) is 11.5 Å². The quantitative estimate of drug-likeness (QED) is 0.448. The van der Waals surface area contributed by atoms with Gasteiger partial charge < -0.3 is 20.5 Å². The van der Waals surface area contributed by atoms with Crippen LogP contribution in [0.4, 0.5) is 5.82 Å². The molecule has 0 bridgehead atoms. The highest BCUT2D eigenvalue weighted by atomic mass is 127. The molecule has 0 radical (unpaired) electrons. The molecule has 0 aliphatic carbocycles. The molecule has 0 saturated carbocycles. The Morgan fingerprint density at radius 3 is 2.78 bits per heavy atom. The number of anilines is 1. The van der Waals surface area contributed by atoms with Crippen molar-refractivity contribution in [3.05, 3.63) is 48.2 Å². The zero-order valence-electron chi connectivity index (χ0n) is 12.6. The van der Waals surface area contributed by atoms with E-state index in [1.54, 1.807) is 6.20 Å². The third-order valence-corrected chi connectivity index (χ3v) is 3.16. The molecule has 2 aromatic rings. The fourth-order valence-electron chi connectivity index (χ4n) is 2.09. The van der Waals surface area contributed by atoms with Crippen molar-refractivity contribution in [2.75, 3.05) is 18.5 Å². The Balaban J connectivity index is 0.00000192. The van der Waals surface area contributed by atoms with Crippen LogP contribution < -0.4 is 20.5 Å². The first kappa shape index (κ1) is 17.3. The number of hydrogen-bond donors (Lipinski definition) is 2. The minimum absolute atomic E-state index is 0. The number of halogens is 1. The Hall–Kier alpha value is -2.03. The Bertz CT molecular complexity index is 664. The second-order valence-corrected chi connectivity index (χ2v) is 4.87. The summed E-state index contributed by atoms with van der Waals surface area (Å²) in [5, 5.41) is 2.95. The third kappa shape index (κ3) is 4.98. The summed E-state index contributed by atoms with van der Waals surface area (Å²) in [6.07, 6.45) is 2.59. The number of benzene rings is 1. The van der Waals surface area contributed by atoms with Gasteiger partial charge in [-0.25, -0.2) is 9.98 Å². The molecule has 0 fully saturated rings. The predicted octanol–water partition coefficient (Wildman–Crippen LogP) is 2.79. The van der Waals surface area contributed by atoms with Crippen molar-refractivity contribution in [2.45, 2.75) is 13.0 Å². The molecule has 0 atom stereocenters. The van der Waals surface area contributed by atoms with E-state index in [0.29, 0.717) is 31.5 Å². The van der Waals surface area contributed by atoms with Crippen LogP contribution in [0.5, 0.6) is 11.5 Å². The van der Waals surface area contributed by atoms with Gasteiger partial charge >= 0.3 is 0 Å². The molecule has 0 amide bonds. The standard InChI is InChI=1S/C16H18N4O2.HI/c17-16(20-15-4-1-2-7-18-15)19-11-12-5-6-13-14(10-12)22-9-3-8-21-13;/h1-2,4-7,10H,3,8-9,11H2,(H3,17,18,19,20);1H. The number of rotatable bonds is 3. The molecule has 1 aliphatic heterocycles. The van der Waals surface area contributed by atoms with Crippen LogP contribution in [-0.2, 0) is 6.54 Å². The minimum Gasteiger partial charge on any atom is -0.490 e. The molecule has 1 aromatic heterocycles. The molecule has 2 heterocycles. The average molecular weight is 426 g/mol. The van der Waals surface area contributed by atoms with Gasteiger partial charge in [0.1, 0.15) is 5.82 Å². The van der Waals surface area contributed by atoms with Crippen LogP contribution >= 0.6 is 24.0 Å². The number of nitrogens with zero attached hydrogens (tertiary/aromatic N) is 2. The zero-order valence-corrected chi connectivity index (χ0v) is 14.9. The van der Waals surface area contributed by atoms with Gasteiger partial charge in [0, 0.05) is 12.6 Å². The summed E-state index contributed by atoms with van der Waals surface area (Å²) >= 11 is 0. The maximum atomic E-state index is 5.86. The molecule has 3 N–H and O–H groups in total. The van der Waals surface area contributed by atoms with Gasteiger partial charge in [0.25, 0.3) is 0 Å². The molecule has 0 spiro atoms. The number of guanidine groups is 1. The maximum Gasteiger partial charge on any atom is 0.194 e. The largest absolute Gasteiger partial charge is 0.490 e. The second-order valence-electron chi connectivity index (χ2n) is 4.87. The smallest absolute Gasteiger partial charge is 0.194 e. The molecular weight excluding hydrogens is 407 g/mol. The number of fused-ring (bicyclic) bond motifs is 1. The van der Waals surface area contributed by atoms with Crippen LogP contribution in [0.3, 0.4) is 0 Å². The average Bonchev–Trinajstić information content (AvgIpc) is 2.78. The highest BCUT2D eigenvalue weighted by Gasteiger charge is 2.10. The lowest BCUT2D eigenvalue weighted by Gasteiger charge is -2.08. The van der Waals surface area contributed by atoms with Gasteiger partial charge in [0.05, 0.1) is 19.8 Å². The van der Waals surface area contributed by atoms with Crippen LogP contribution in [0.15, 0.2) is 47.6 Å². The van der Waals surface area contributed by atoms with Crippen molar-refractivity contribution in [1.29, 1.82) is 0 Å². The molecular formula is C16H19IN4O2. The van der Waals surface area contributed by atoms with Crippen molar-refractivity contribution in [1.82, 2.24) is 4.98 Å². The van der Waals surface area contributed by atoms with E-state index in [9.17, 15) is 0 Å². The van der Waals surface area contributed by atoms with Crippen molar-refractivity contribution in [3.63, 3.8) is 0 Å². The SMILES string of the molecule is I.NC(=NCc1ccc2c(c1)OCCCO2)Nc1ccccn1. The summed E-state index contributed by atoms with van der Waals surface area (Å²) in [7, 11) is 0. The number of ether oxygens (including phenoxy) is 2. The molecule has 0 saturated heterocycles. The van der Waals surface area contributed by atoms with Crippen LogP contribution in [0, 0.1) is 0 Å². The summed E-state index contributed by atoms with van der Waals surface area (Å²) in [6, 6.07) is 11.4. The van der Waals surface area contributed by atoms with E-state index in [2.05, 4.69) is 15.3 Å². The van der Waals surface area contributed by atoms with Crippen LogP contribution in [0.2, 0.25) is 0 Å². The molecule has 7 heteroatoms. The molecule has 3 rings (SSSR count). The number of nitrogens with one attached hydrogen (secondary N) is 1. The molecule has 1 aromatic carbocycles. The fourth-order valence-corrected chi connectivity index (χ4v) is 2.09. The molecule has 6 nitrogen and oxygen atoms in total. The van der Waals surface area contributed by atoms with Crippen molar-refractivity contribution >= 4 is 35.8 Å². The van der Waals surface area contributed by atoms with Crippen LogP contribution in [0.1, 0.15) is 12.0 Å². The van der Waals surface area contributed by atoms with E-state index >= 15 is 0 Å². The zero-order chi connectivity index (χ0) is 15.2. The van der Waals surface area contributed by atoms with E-state index in [-0.39, 0.29) is 24.0 Å². The Kier molecular flexibility index (Phi) is 6.45. The molecule has 23 heavy (non-hydrogen) atoms. The number of aliphatic imine (C=N–C) groups is 1. The lowest BCUT2D eigenvalue weighted by Crippen LogP contribution is -2.23. The lowest BCUT2D eigenvalue weighted by atomic mass is 10.2. The fraction of sp³-hybridized carbons (Fsp3) is 0.250. The van der Waals surface area contributed by atoms with E-state index in [0.717, 1.165) is 23.5 Å². The Labute approximate surface area is 152 Å². The topological polar surface area (TPSA) is 81.8 Å². The third-order valence-electron chi connectivity index (χ3n) is 3.16. The number of hydrogen-bond acceptors (Lipinski definition) is 4. The van der Waals surface area contributed by atoms with E-state index in [4.69, 9.17) is 15.2 Å². The summed E-state index contributed by atoms with van der Waals surface area (Å²) < 4.78 is 11.3. The van der Waals surface area contributed by atoms with Gasteiger partial charge in [0.15, 0.2) is 17.5 Å². The summed E-state index contributed by atoms with van der Waals surface area (Å²) in [5.74, 6) is 2.54. The van der Waals surface area contributed by atoms with E-state index in [1.165, 1.54) is 0 Å². The van der Waals surface area contributed by atoms with Crippen LogP contribution in [-0.4, -0.2) is 24.2 Å². The summed E-state index contributed by atoms with van der Waals surface area (Å²) in [6.45, 7) is 1.82. The Morgan fingerprint density at radius 1 is 1.17 bits per heavy atom. The maximum absolute atomic E-state index is 5.86. The van der Waals surface area contributed by atoms with Gasteiger partial charge in [0.2, 0.25) is 0 Å². The first-order chi connectivity index (χ1) is 10.8. The first-order valence-electron chi connectivity index (χ1n) is 7.18. The van der Waals surface area contributed by atoms with Gasteiger partial charge in [-0.05, 0) is 29.8 Å². The van der Waals surface area contributed by atoms with Gasteiger partial charge in [-0.1, -0.05) is 12.1 Å². The van der Waals surface area contributed by atoms with E-state index < -0.39 is 0 Å². The summed E-state index contributed by atoms with van der Waals surface area (Å²) in [5.41, 5.74) is 6.87. The number of pyridine rings is 1. The Morgan fingerprint density at radius 2 is 2.00 bits per heavy atom.